The molecule has 0 saturated heterocycles. The molecule has 0 bridgehead atoms. The van der Waals surface area contributed by atoms with E-state index in [1.165, 1.54) is 5.56 Å². The van der Waals surface area contributed by atoms with Gasteiger partial charge in [-0.2, -0.15) is 0 Å². The lowest BCUT2D eigenvalue weighted by molar-refractivity contribution is 0.651. The van der Waals surface area contributed by atoms with Crippen molar-refractivity contribution in [2.24, 2.45) is 0 Å². The Morgan fingerprint density at radius 3 is 2.65 bits per heavy atom. The zero-order chi connectivity index (χ0) is 14.7. The third-order valence-electron chi connectivity index (χ3n) is 2.86. The van der Waals surface area contributed by atoms with Crippen LogP contribution < -0.4 is 10.2 Å². The van der Waals surface area contributed by atoms with Gasteiger partial charge in [-0.15, -0.1) is 10.2 Å². The lowest BCUT2D eigenvalue weighted by atomic mass is 10.1. The van der Waals surface area contributed by atoms with Crippen molar-refractivity contribution < 1.29 is 0 Å². The molecule has 0 aliphatic heterocycles. The minimum Gasteiger partial charge on any atom is -0.353 e. The van der Waals surface area contributed by atoms with Crippen molar-refractivity contribution in [2.75, 3.05) is 26.0 Å². The summed E-state index contributed by atoms with van der Waals surface area (Å²) >= 11 is 6.86. The molecule has 1 unspecified atom stereocenters. The molecular formula is C13H17BrN4S2. The third-order valence-corrected chi connectivity index (χ3v) is 6.00. The first-order valence-electron chi connectivity index (χ1n) is 6.16. The minimum atomic E-state index is 0.340. The van der Waals surface area contributed by atoms with E-state index in [4.69, 9.17) is 0 Å². The fraction of sp³-hybridized carbons (Fsp3) is 0.385. The molecule has 4 nitrogen and oxygen atoms in total. The molecule has 1 heterocycles. The summed E-state index contributed by atoms with van der Waals surface area (Å²) in [5, 5.41) is 12.5. The second-order valence-corrected chi connectivity index (χ2v) is 7.65. The van der Waals surface area contributed by atoms with Crippen LogP contribution in [0.1, 0.15) is 18.5 Å². The maximum Gasteiger partial charge on any atom is 0.208 e. The van der Waals surface area contributed by atoms with Gasteiger partial charge in [0.2, 0.25) is 5.13 Å². The topological polar surface area (TPSA) is 41.1 Å². The zero-order valence-corrected chi connectivity index (χ0v) is 15.1. The molecule has 2 rings (SSSR count). The van der Waals surface area contributed by atoms with E-state index < -0.39 is 0 Å². The van der Waals surface area contributed by atoms with E-state index in [9.17, 15) is 0 Å². The van der Waals surface area contributed by atoms with Crippen LogP contribution in [0.4, 0.5) is 5.13 Å². The van der Waals surface area contributed by atoms with Crippen LogP contribution in [0.25, 0.3) is 0 Å². The third kappa shape index (κ3) is 3.72. The highest BCUT2D eigenvalue weighted by Gasteiger charge is 2.11. The van der Waals surface area contributed by atoms with E-state index in [0.717, 1.165) is 18.8 Å². The quantitative estimate of drug-likeness (QED) is 0.864. The van der Waals surface area contributed by atoms with Gasteiger partial charge in [0.25, 0.3) is 0 Å². The smallest absolute Gasteiger partial charge is 0.208 e. The average Bonchev–Trinajstić information content (AvgIpc) is 2.89. The highest BCUT2D eigenvalue weighted by molar-refractivity contribution is 9.10. The van der Waals surface area contributed by atoms with E-state index in [1.807, 2.05) is 26.0 Å². The molecule has 108 valence electrons. The first-order chi connectivity index (χ1) is 9.51. The van der Waals surface area contributed by atoms with E-state index in [-0.39, 0.29) is 0 Å². The van der Waals surface area contributed by atoms with Crippen molar-refractivity contribution in [1.82, 2.24) is 15.5 Å². The van der Waals surface area contributed by atoms with Gasteiger partial charge in [0, 0.05) is 29.5 Å². The molecule has 0 amide bonds. The summed E-state index contributed by atoms with van der Waals surface area (Å²) in [6.45, 7) is 2.14. The number of nitrogens with zero attached hydrogens (tertiary/aromatic N) is 3. The highest BCUT2D eigenvalue weighted by atomic mass is 79.9. The fourth-order valence-corrected chi connectivity index (χ4v) is 3.92. The molecule has 2 aromatic rings. The summed E-state index contributed by atoms with van der Waals surface area (Å²) in [5.74, 6) is 0. The fourth-order valence-electron chi connectivity index (χ4n) is 1.55. The van der Waals surface area contributed by atoms with Gasteiger partial charge in [0.15, 0.2) is 4.34 Å². The number of halogens is 1. The Kier molecular flexibility index (Phi) is 5.42. The summed E-state index contributed by atoms with van der Waals surface area (Å²) in [4.78, 5) is 3.12. The van der Waals surface area contributed by atoms with Gasteiger partial charge in [0.1, 0.15) is 0 Å². The molecule has 0 spiro atoms. The van der Waals surface area contributed by atoms with Gasteiger partial charge >= 0.3 is 0 Å². The predicted octanol–water partition coefficient (Wildman–Crippen LogP) is 3.80. The van der Waals surface area contributed by atoms with Gasteiger partial charge in [-0.05, 0) is 47.6 Å². The molecule has 1 atom stereocenters. The van der Waals surface area contributed by atoms with E-state index in [1.54, 1.807) is 23.1 Å². The molecule has 0 fully saturated rings. The van der Waals surface area contributed by atoms with Crippen LogP contribution in [-0.4, -0.2) is 31.3 Å². The molecule has 0 saturated carbocycles. The first kappa shape index (κ1) is 15.8. The molecule has 1 aromatic carbocycles. The normalized spacial score (nSPS) is 12.4. The predicted molar refractivity (Wildman–Crippen MR) is 90.0 cm³/mol. The van der Waals surface area contributed by atoms with E-state index in [0.29, 0.717) is 6.04 Å². The summed E-state index contributed by atoms with van der Waals surface area (Å²) in [6, 6.07) is 6.75. The van der Waals surface area contributed by atoms with Crippen LogP contribution in [-0.2, 0) is 0 Å². The van der Waals surface area contributed by atoms with Crippen LogP contribution in [0.5, 0.6) is 0 Å². The second kappa shape index (κ2) is 6.89. The van der Waals surface area contributed by atoms with Crippen molar-refractivity contribution in [3.05, 3.63) is 28.2 Å². The van der Waals surface area contributed by atoms with E-state index in [2.05, 4.69) is 56.6 Å². The largest absolute Gasteiger partial charge is 0.353 e. The molecular weight excluding hydrogens is 356 g/mol. The number of rotatable bonds is 5. The van der Waals surface area contributed by atoms with Crippen LogP contribution >= 0.6 is 39.0 Å². The molecule has 20 heavy (non-hydrogen) atoms. The maximum absolute atomic E-state index is 4.20. The molecule has 0 aliphatic rings. The minimum absolute atomic E-state index is 0.340. The van der Waals surface area contributed by atoms with Gasteiger partial charge in [-0.25, -0.2) is 0 Å². The maximum atomic E-state index is 4.20. The van der Waals surface area contributed by atoms with Crippen molar-refractivity contribution in [2.45, 2.75) is 22.2 Å². The number of hydrogen-bond donors (Lipinski definition) is 1. The first-order valence-corrected chi connectivity index (χ1v) is 8.59. The van der Waals surface area contributed by atoms with E-state index >= 15 is 0 Å². The Morgan fingerprint density at radius 1 is 1.35 bits per heavy atom. The van der Waals surface area contributed by atoms with Gasteiger partial charge in [0.05, 0.1) is 0 Å². The van der Waals surface area contributed by atoms with Crippen LogP contribution in [0, 0.1) is 0 Å². The Morgan fingerprint density at radius 2 is 2.10 bits per heavy atom. The lowest BCUT2D eigenvalue weighted by Crippen LogP contribution is -2.12. The summed E-state index contributed by atoms with van der Waals surface area (Å²) in [6.07, 6.45) is 0. The molecule has 0 radical (unpaired) electrons. The van der Waals surface area contributed by atoms with Crippen molar-refractivity contribution in [3.63, 3.8) is 0 Å². The number of nitrogens with one attached hydrogen (secondary N) is 1. The second-order valence-electron chi connectivity index (χ2n) is 4.55. The van der Waals surface area contributed by atoms with Crippen molar-refractivity contribution >= 4 is 44.2 Å². The number of benzene rings is 1. The van der Waals surface area contributed by atoms with Gasteiger partial charge < -0.3 is 10.2 Å². The number of hydrogen-bond acceptors (Lipinski definition) is 6. The summed E-state index contributed by atoms with van der Waals surface area (Å²) in [5.41, 5.74) is 1.26. The number of anilines is 1. The molecule has 7 heteroatoms. The van der Waals surface area contributed by atoms with Crippen molar-refractivity contribution in [1.29, 1.82) is 0 Å². The summed E-state index contributed by atoms with van der Waals surface area (Å²) < 4.78 is 2.03. The molecule has 1 aromatic heterocycles. The molecule has 1 N–H and O–H groups in total. The monoisotopic (exact) mass is 372 g/mol. The van der Waals surface area contributed by atoms with Crippen LogP contribution in [0.15, 0.2) is 31.9 Å². The zero-order valence-electron chi connectivity index (χ0n) is 11.8. The van der Waals surface area contributed by atoms with Crippen LogP contribution in [0.2, 0.25) is 0 Å². The summed E-state index contributed by atoms with van der Waals surface area (Å²) in [7, 11) is 5.91. The highest BCUT2D eigenvalue weighted by Crippen LogP contribution is 2.37. The van der Waals surface area contributed by atoms with Gasteiger partial charge in [-0.1, -0.05) is 29.2 Å². The standard InChI is InChI=1S/C13H17BrN4S2/c1-8(15-2)9-5-6-11(10(14)7-9)19-13-17-16-12(20-13)18(3)4/h5-8,15H,1-4H3. The Labute approximate surface area is 136 Å². The molecule has 0 aliphatic carbocycles. The Hall–Kier alpha value is -0.630. The number of aromatic nitrogens is 2. The Bertz CT molecular complexity index is 586. The van der Waals surface area contributed by atoms with Gasteiger partial charge in [-0.3, -0.25) is 0 Å². The lowest BCUT2D eigenvalue weighted by Gasteiger charge is -2.12. The SMILES string of the molecule is CNC(C)c1ccc(Sc2nnc(N(C)C)s2)c(Br)c1. The van der Waals surface area contributed by atoms with Crippen LogP contribution in [0.3, 0.4) is 0 Å². The average molecular weight is 373 g/mol. The van der Waals surface area contributed by atoms with Crippen molar-refractivity contribution in [3.8, 4) is 0 Å². The Balaban J connectivity index is 2.16.